The van der Waals surface area contributed by atoms with Crippen molar-refractivity contribution in [1.82, 2.24) is 9.80 Å². The first-order chi connectivity index (χ1) is 42.1. The van der Waals surface area contributed by atoms with E-state index in [-0.39, 0.29) is 0 Å². The summed E-state index contributed by atoms with van der Waals surface area (Å²) >= 11 is 0. The first-order valence-corrected chi connectivity index (χ1v) is 36.4. The summed E-state index contributed by atoms with van der Waals surface area (Å²) in [5.41, 5.74) is 23.1. The fourth-order valence-corrected chi connectivity index (χ4v) is 15.2. The highest BCUT2D eigenvalue weighted by Gasteiger charge is 2.35. The summed E-state index contributed by atoms with van der Waals surface area (Å²) in [6.45, 7) is 75.5. The predicted octanol–water partition coefficient (Wildman–Crippen LogP) is 20.7. The molecule has 3 aromatic carbocycles. The van der Waals surface area contributed by atoms with Gasteiger partial charge in [-0.15, -0.1) is 0 Å². The van der Waals surface area contributed by atoms with E-state index in [4.69, 9.17) is 9.47 Å². The Bertz CT molecular complexity index is 2680. The zero-order chi connectivity index (χ0) is 69.7. The molecular weight excluding hydrogens is 1110 g/mol. The van der Waals surface area contributed by atoms with Crippen LogP contribution in [0.5, 0.6) is 11.5 Å². The molecule has 6 aliphatic rings. The smallest absolute Gasteiger partial charge is 0.181 e. The van der Waals surface area contributed by atoms with Crippen LogP contribution in [0.25, 0.3) is 0 Å². The lowest BCUT2D eigenvalue weighted by atomic mass is 9.65. The molecule has 2 saturated carbocycles. The van der Waals surface area contributed by atoms with Gasteiger partial charge in [-0.25, -0.2) is 4.57 Å². The topological polar surface area (TPSA) is 35.3 Å². The van der Waals surface area contributed by atoms with Crippen molar-refractivity contribution >= 4 is 11.4 Å². The van der Waals surface area contributed by atoms with Gasteiger partial charge < -0.3 is 29.1 Å². The fourth-order valence-electron chi connectivity index (χ4n) is 15.2. The molecule has 15 unspecified atom stereocenters. The second kappa shape index (κ2) is 36.2. The van der Waals surface area contributed by atoms with Gasteiger partial charge in [-0.2, -0.15) is 0 Å². The van der Waals surface area contributed by atoms with Gasteiger partial charge in [0.1, 0.15) is 25.2 Å². The molecule has 15 atom stereocenters. The maximum absolute atomic E-state index is 5.84. The molecule has 0 amide bonds. The van der Waals surface area contributed by atoms with Crippen molar-refractivity contribution in [3.05, 3.63) is 108 Å². The Morgan fingerprint density at radius 3 is 1.13 bits per heavy atom. The molecular formula is C84H146N5O2+. The van der Waals surface area contributed by atoms with E-state index in [1.165, 1.54) is 121 Å². The molecule has 0 spiro atoms. The Balaban J connectivity index is 0.000000273. The zero-order valence-electron chi connectivity index (χ0n) is 66.5. The molecule has 7 heteroatoms. The number of likely N-dealkylation sites (N-methyl/N-ethyl adjacent to an activating group) is 1. The molecule has 91 heavy (non-hydrogen) atoms. The minimum atomic E-state index is 0.758. The first-order valence-electron chi connectivity index (χ1n) is 36.4. The second-order valence-corrected chi connectivity index (χ2v) is 31.6. The molecule has 2 saturated heterocycles. The Kier molecular flexibility index (Phi) is 32.2. The Morgan fingerprint density at radius 1 is 0.363 bits per heavy atom. The molecule has 5 heterocycles. The van der Waals surface area contributed by atoms with Crippen molar-refractivity contribution in [1.29, 1.82) is 0 Å². The SMILES string of the molecule is CC1CC(C)C(C)C(C)C1C.CC1CC(C)C(C)C1C.CC1CC(C)N(C)C(C)C1C.CC1CN(C)C(C)C1C.Cc1cc(C)[n+](C)c(C)c1C.Cc1cc(C)c(C)c(C)c1C.Cc1cc2c(c(C)c1C)OCCCN2C.Cc1cc2c(c(C)c1C)OCCN2C. The maximum atomic E-state index is 5.84. The van der Waals surface area contributed by atoms with Crippen LogP contribution in [0, 0.1) is 181 Å². The predicted molar refractivity (Wildman–Crippen MR) is 402 cm³/mol. The second-order valence-electron chi connectivity index (χ2n) is 31.6. The van der Waals surface area contributed by atoms with Crippen LogP contribution in [0.15, 0.2) is 24.3 Å². The number of pyridine rings is 1. The average Bonchev–Trinajstić information content (AvgIpc) is 1.29. The van der Waals surface area contributed by atoms with Crippen molar-refractivity contribution in [2.75, 3.05) is 70.8 Å². The molecule has 0 N–H and O–H groups in total. The van der Waals surface area contributed by atoms with E-state index in [2.05, 4.69) is 298 Å². The Hall–Kier alpha value is -4.07. The van der Waals surface area contributed by atoms with E-state index in [9.17, 15) is 0 Å². The van der Waals surface area contributed by atoms with Gasteiger partial charge in [-0.05, 0) is 306 Å². The van der Waals surface area contributed by atoms with E-state index in [0.29, 0.717) is 0 Å². The van der Waals surface area contributed by atoms with Crippen molar-refractivity contribution in [3.8, 4) is 11.5 Å². The molecule has 0 radical (unpaired) electrons. The van der Waals surface area contributed by atoms with Gasteiger partial charge in [-0.1, -0.05) is 96.1 Å². The summed E-state index contributed by atoms with van der Waals surface area (Å²) in [5, 5.41) is 0. The maximum Gasteiger partial charge on any atom is 0.181 e. The van der Waals surface area contributed by atoms with Crippen LogP contribution >= 0.6 is 0 Å². The lowest BCUT2D eigenvalue weighted by Crippen LogP contribution is -2.48. The van der Waals surface area contributed by atoms with Gasteiger partial charge in [-0.3, -0.25) is 0 Å². The first kappa shape index (κ1) is 81.2. The van der Waals surface area contributed by atoms with Crippen LogP contribution < -0.4 is 23.8 Å². The lowest BCUT2D eigenvalue weighted by Gasteiger charge is -2.43. The van der Waals surface area contributed by atoms with Crippen molar-refractivity contribution in [3.63, 3.8) is 0 Å². The molecule has 518 valence electrons. The van der Waals surface area contributed by atoms with Gasteiger partial charge in [0.2, 0.25) is 0 Å². The van der Waals surface area contributed by atoms with Crippen LogP contribution in [-0.2, 0) is 7.05 Å². The van der Waals surface area contributed by atoms with Crippen LogP contribution in [0.3, 0.4) is 0 Å². The van der Waals surface area contributed by atoms with Crippen molar-refractivity contribution < 1.29 is 14.0 Å². The third-order valence-electron chi connectivity index (χ3n) is 26.1. The number of likely N-dealkylation sites (tertiary alicyclic amines) is 2. The number of hydrogen-bond acceptors (Lipinski definition) is 6. The molecule has 4 aliphatic heterocycles. The van der Waals surface area contributed by atoms with Crippen molar-refractivity contribution in [2.45, 2.75) is 258 Å². The number of aryl methyl sites for hydroxylation is 6. The standard InChI is InChI=1S/C13H19NO.C12H17NO.C11H22.C11H16.C10H21N.C10H16N.C9H18.C8H17N/c1-9-8-12-13(11(3)10(9)2)15-7-5-6-14(12)4;1-8-7-11-12(10(3)9(8)2)14-6-5-13(11)4;2*1-7-6-8(2)10(4)11(5)9(7)3;2*1-7-6-8(2)11(5)10(4)9(7)3;1-6-5-7(2)9(4)8(6)3;1-6-5-9(4)8(3)7(6)2/h8H,5-7H2,1-4H3;7H,5-6H2,1-4H3;7-11H,6H2,1-5H3;6H,1-5H3;7-10H,6H2,1-5H3;6H,1-5H3;6-9H,5H2,1-4H3;6-8H,5H2,1-4H3/q;;;;;+1;;. The fraction of sp³-hybridized carbons (Fsp3) is 0.726. The number of anilines is 2. The minimum absolute atomic E-state index is 0.758. The molecule has 1 aromatic heterocycles. The Morgan fingerprint density at radius 2 is 0.725 bits per heavy atom. The monoisotopic (exact) mass is 1260 g/mol. The van der Waals surface area contributed by atoms with Gasteiger partial charge in [0.15, 0.2) is 11.4 Å². The summed E-state index contributed by atoms with van der Waals surface area (Å²) in [4.78, 5) is 9.50. The lowest BCUT2D eigenvalue weighted by molar-refractivity contribution is -0.684. The van der Waals surface area contributed by atoms with Gasteiger partial charge >= 0.3 is 0 Å². The van der Waals surface area contributed by atoms with E-state index in [1.54, 1.807) is 0 Å². The quantitative estimate of drug-likeness (QED) is 0.163. The molecule has 0 bridgehead atoms. The van der Waals surface area contributed by atoms with Crippen LogP contribution in [0.4, 0.5) is 11.4 Å². The minimum Gasteiger partial charge on any atom is -0.491 e. The van der Waals surface area contributed by atoms with Gasteiger partial charge in [0.25, 0.3) is 0 Å². The number of rotatable bonds is 0. The third kappa shape index (κ3) is 21.2. The van der Waals surface area contributed by atoms with Gasteiger partial charge in [0.05, 0.1) is 24.5 Å². The average molecular weight is 1260 g/mol. The highest BCUT2D eigenvalue weighted by atomic mass is 16.5. The van der Waals surface area contributed by atoms with Crippen LogP contribution in [0.1, 0.15) is 220 Å². The molecule has 2 aliphatic carbocycles. The summed E-state index contributed by atoms with van der Waals surface area (Å²) in [7, 11) is 10.8. The third-order valence-corrected chi connectivity index (χ3v) is 26.1. The van der Waals surface area contributed by atoms with Crippen LogP contribution in [-0.4, -0.2) is 89.0 Å². The molecule has 4 fully saturated rings. The van der Waals surface area contributed by atoms with Gasteiger partial charge in [0, 0.05) is 70.8 Å². The zero-order valence-corrected chi connectivity index (χ0v) is 66.5. The Labute approximate surface area is 565 Å². The highest BCUT2D eigenvalue weighted by molar-refractivity contribution is 5.67. The van der Waals surface area contributed by atoms with Crippen LogP contribution in [0.2, 0.25) is 0 Å². The number of piperidine rings is 1. The highest BCUT2D eigenvalue weighted by Crippen LogP contribution is 2.43. The number of nitrogens with zero attached hydrogens (tertiary/aromatic N) is 5. The molecule has 10 rings (SSSR count). The summed E-state index contributed by atoms with van der Waals surface area (Å²) in [6, 6.07) is 11.3. The normalized spacial score (nSPS) is 29.2. The molecule has 7 nitrogen and oxygen atoms in total. The number of aromatic nitrogens is 1. The summed E-state index contributed by atoms with van der Waals surface area (Å²) < 4.78 is 13.8. The largest absolute Gasteiger partial charge is 0.491 e. The summed E-state index contributed by atoms with van der Waals surface area (Å²) in [6.07, 6.45) is 5.35. The number of fused-ring (bicyclic) bond motifs is 2. The number of hydrogen-bond donors (Lipinski definition) is 0. The molecule has 4 aromatic rings. The van der Waals surface area contributed by atoms with E-state index < -0.39 is 0 Å². The summed E-state index contributed by atoms with van der Waals surface area (Å²) in [5.74, 6) is 14.2. The van der Waals surface area contributed by atoms with E-state index >= 15 is 0 Å². The van der Waals surface area contributed by atoms with E-state index in [1.807, 2.05) is 0 Å². The van der Waals surface area contributed by atoms with E-state index in [0.717, 1.165) is 139 Å². The van der Waals surface area contributed by atoms with Crippen molar-refractivity contribution in [2.24, 2.45) is 84.0 Å². The number of ether oxygens (including phenoxy) is 2. The number of benzene rings is 3.